The second kappa shape index (κ2) is 2.92. The van der Waals surface area contributed by atoms with Crippen LogP contribution in [0, 0.1) is 0 Å². The molecular weight excluding hydrogens is 152 g/mol. The number of urea groups is 1. The third-order valence-electron chi connectivity index (χ3n) is 1.26. The van der Waals surface area contributed by atoms with Gasteiger partial charge in [-0.05, 0) is 6.26 Å². The molecule has 1 fully saturated rings. The molecule has 3 amide bonds. The highest BCUT2D eigenvalue weighted by atomic mass is 32.2. The SMILES string of the molecule is CSC1CNC(=O)NC1=O. The molecule has 1 unspecified atom stereocenters. The predicted molar refractivity (Wildman–Crippen MR) is 38.8 cm³/mol. The lowest BCUT2D eigenvalue weighted by molar-refractivity contribution is -0.119. The van der Waals surface area contributed by atoms with E-state index in [4.69, 9.17) is 0 Å². The summed E-state index contributed by atoms with van der Waals surface area (Å²) in [6.07, 6.45) is 1.84. The Bertz CT molecular complexity index is 171. The van der Waals surface area contributed by atoms with Crippen LogP contribution < -0.4 is 10.6 Å². The van der Waals surface area contributed by atoms with E-state index in [0.717, 1.165) is 0 Å². The van der Waals surface area contributed by atoms with Crippen LogP contribution in [-0.4, -0.2) is 30.0 Å². The second-order valence-electron chi connectivity index (χ2n) is 1.92. The summed E-state index contributed by atoms with van der Waals surface area (Å²) < 4.78 is 0. The predicted octanol–water partition coefficient (Wildman–Crippen LogP) is -0.443. The standard InChI is InChI=1S/C5H8N2O2S/c1-10-3-2-6-5(9)7-4(3)8/h3H,2H2,1H3,(H2,6,7,8,9). The van der Waals surface area contributed by atoms with Gasteiger partial charge in [0.25, 0.3) is 0 Å². The molecule has 0 bridgehead atoms. The van der Waals surface area contributed by atoms with E-state index in [1.54, 1.807) is 0 Å². The van der Waals surface area contributed by atoms with Gasteiger partial charge in [-0.2, -0.15) is 11.8 Å². The van der Waals surface area contributed by atoms with Crippen LogP contribution >= 0.6 is 11.8 Å². The summed E-state index contributed by atoms with van der Waals surface area (Å²) in [5.74, 6) is -0.198. The molecule has 1 aliphatic heterocycles. The Kier molecular flexibility index (Phi) is 2.16. The van der Waals surface area contributed by atoms with Gasteiger partial charge in [0.05, 0.1) is 0 Å². The number of carbonyl (C=O) groups is 2. The van der Waals surface area contributed by atoms with Crippen LogP contribution in [0.25, 0.3) is 0 Å². The first kappa shape index (κ1) is 7.40. The number of hydrogen-bond acceptors (Lipinski definition) is 3. The van der Waals surface area contributed by atoms with Gasteiger partial charge in [-0.3, -0.25) is 10.1 Å². The highest BCUT2D eigenvalue weighted by Crippen LogP contribution is 2.06. The highest BCUT2D eigenvalue weighted by Gasteiger charge is 2.24. The van der Waals surface area contributed by atoms with Gasteiger partial charge in [0.15, 0.2) is 0 Å². The lowest BCUT2D eigenvalue weighted by atomic mass is 10.3. The van der Waals surface area contributed by atoms with Gasteiger partial charge in [0.1, 0.15) is 5.25 Å². The van der Waals surface area contributed by atoms with Crippen LogP contribution in [0.1, 0.15) is 0 Å². The van der Waals surface area contributed by atoms with E-state index in [1.807, 2.05) is 6.26 Å². The van der Waals surface area contributed by atoms with Gasteiger partial charge < -0.3 is 5.32 Å². The van der Waals surface area contributed by atoms with Crippen molar-refractivity contribution in [2.24, 2.45) is 0 Å². The van der Waals surface area contributed by atoms with E-state index >= 15 is 0 Å². The zero-order valence-electron chi connectivity index (χ0n) is 5.51. The van der Waals surface area contributed by atoms with E-state index in [2.05, 4.69) is 10.6 Å². The van der Waals surface area contributed by atoms with Crippen LogP contribution in [0.5, 0.6) is 0 Å². The van der Waals surface area contributed by atoms with E-state index in [0.29, 0.717) is 6.54 Å². The van der Waals surface area contributed by atoms with Gasteiger partial charge in [0.2, 0.25) is 5.91 Å². The Balaban J connectivity index is 2.51. The first-order valence-corrected chi connectivity index (χ1v) is 4.14. The molecule has 10 heavy (non-hydrogen) atoms. The zero-order valence-corrected chi connectivity index (χ0v) is 6.33. The van der Waals surface area contributed by atoms with Gasteiger partial charge in [-0.25, -0.2) is 4.79 Å². The maximum Gasteiger partial charge on any atom is 0.321 e. The van der Waals surface area contributed by atoms with Crippen molar-refractivity contribution in [1.82, 2.24) is 10.6 Å². The van der Waals surface area contributed by atoms with Crippen molar-refractivity contribution in [2.75, 3.05) is 12.8 Å². The monoisotopic (exact) mass is 160 g/mol. The van der Waals surface area contributed by atoms with Crippen molar-refractivity contribution in [3.63, 3.8) is 0 Å². The second-order valence-corrected chi connectivity index (χ2v) is 2.96. The van der Waals surface area contributed by atoms with Gasteiger partial charge in [0, 0.05) is 6.54 Å². The smallest absolute Gasteiger partial charge is 0.321 e. The van der Waals surface area contributed by atoms with E-state index in [9.17, 15) is 9.59 Å². The van der Waals surface area contributed by atoms with Crippen molar-refractivity contribution < 1.29 is 9.59 Å². The van der Waals surface area contributed by atoms with E-state index < -0.39 is 6.03 Å². The maximum atomic E-state index is 10.8. The Hall–Kier alpha value is -0.710. The average molecular weight is 160 g/mol. The zero-order chi connectivity index (χ0) is 7.56. The quantitative estimate of drug-likeness (QED) is 0.546. The fourth-order valence-electron chi connectivity index (χ4n) is 0.705. The molecular formula is C5H8N2O2S. The molecule has 2 N–H and O–H groups in total. The fraction of sp³-hybridized carbons (Fsp3) is 0.600. The fourth-order valence-corrected chi connectivity index (χ4v) is 1.23. The number of amides is 3. The summed E-state index contributed by atoms with van der Waals surface area (Å²) in [4.78, 5) is 21.3. The third kappa shape index (κ3) is 1.41. The van der Waals surface area contributed by atoms with Crippen molar-refractivity contribution in [3.8, 4) is 0 Å². The molecule has 1 rings (SSSR count). The third-order valence-corrected chi connectivity index (χ3v) is 2.21. The van der Waals surface area contributed by atoms with Gasteiger partial charge >= 0.3 is 6.03 Å². The van der Waals surface area contributed by atoms with E-state index in [1.165, 1.54) is 11.8 Å². The number of thioether (sulfide) groups is 1. The van der Waals surface area contributed by atoms with Crippen molar-refractivity contribution in [3.05, 3.63) is 0 Å². The lowest BCUT2D eigenvalue weighted by Crippen LogP contribution is -2.53. The van der Waals surface area contributed by atoms with Gasteiger partial charge in [-0.1, -0.05) is 0 Å². The molecule has 56 valence electrons. The summed E-state index contributed by atoms with van der Waals surface area (Å²) in [7, 11) is 0. The minimum Gasteiger partial charge on any atom is -0.336 e. The molecule has 5 heteroatoms. The molecule has 0 aromatic carbocycles. The van der Waals surface area contributed by atoms with Crippen molar-refractivity contribution in [2.45, 2.75) is 5.25 Å². The Morgan fingerprint density at radius 1 is 1.60 bits per heavy atom. The van der Waals surface area contributed by atoms with E-state index in [-0.39, 0.29) is 11.2 Å². The minimum atomic E-state index is -0.393. The number of nitrogens with one attached hydrogen (secondary N) is 2. The average Bonchev–Trinajstić information content (AvgIpc) is 1.88. The lowest BCUT2D eigenvalue weighted by Gasteiger charge is -2.19. The van der Waals surface area contributed by atoms with Crippen LogP contribution in [0.2, 0.25) is 0 Å². The summed E-state index contributed by atoms with van der Waals surface area (Å²) in [6.45, 7) is 0.436. The summed E-state index contributed by atoms with van der Waals surface area (Å²) >= 11 is 1.43. The molecule has 0 aromatic rings. The van der Waals surface area contributed by atoms with Crippen molar-refractivity contribution >= 4 is 23.7 Å². The molecule has 1 aliphatic rings. The molecule has 0 saturated carbocycles. The largest absolute Gasteiger partial charge is 0.336 e. The Morgan fingerprint density at radius 2 is 2.30 bits per heavy atom. The molecule has 0 radical (unpaired) electrons. The van der Waals surface area contributed by atoms with Crippen LogP contribution in [0.15, 0.2) is 0 Å². The number of hydrogen-bond donors (Lipinski definition) is 2. The van der Waals surface area contributed by atoms with Crippen molar-refractivity contribution in [1.29, 1.82) is 0 Å². The number of rotatable bonds is 1. The van der Waals surface area contributed by atoms with Crippen LogP contribution in [0.4, 0.5) is 4.79 Å². The van der Waals surface area contributed by atoms with Gasteiger partial charge in [-0.15, -0.1) is 0 Å². The molecule has 4 nitrogen and oxygen atoms in total. The maximum absolute atomic E-state index is 10.8. The Morgan fingerprint density at radius 3 is 2.80 bits per heavy atom. The summed E-state index contributed by atoms with van der Waals surface area (Å²) in [5, 5.41) is 4.57. The molecule has 0 spiro atoms. The summed E-state index contributed by atoms with van der Waals surface area (Å²) in [5.41, 5.74) is 0. The molecule has 1 saturated heterocycles. The summed E-state index contributed by atoms with van der Waals surface area (Å²) in [6, 6.07) is -0.393. The minimum absolute atomic E-state index is 0.127. The van der Waals surface area contributed by atoms with Crippen LogP contribution in [0.3, 0.4) is 0 Å². The molecule has 1 atom stereocenters. The molecule has 1 heterocycles. The highest BCUT2D eigenvalue weighted by molar-refractivity contribution is 8.00. The first-order chi connectivity index (χ1) is 4.74. The topological polar surface area (TPSA) is 58.2 Å². The number of imide groups is 1. The van der Waals surface area contributed by atoms with Crippen LogP contribution in [-0.2, 0) is 4.79 Å². The number of carbonyl (C=O) groups excluding carboxylic acids is 2. The first-order valence-electron chi connectivity index (χ1n) is 2.85. The molecule has 0 aliphatic carbocycles. The Labute approximate surface area is 62.7 Å². The molecule has 0 aromatic heterocycles. The normalized spacial score (nSPS) is 25.5.